The van der Waals surface area contributed by atoms with Crippen LogP contribution >= 0.6 is 11.6 Å². The summed E-state index contributed by atoms with van der Waals surface area (Å²) in [5.74, 6) is 0.271. The van der Waals surface area contributed by atoms with E-state index in [1.807, 2.05) is 13.8 Å². The van der Waals surface area contributed by atoms with E-state index in [1.54, 1.807) is 32.0 Å². The lowest BCUT2D eigenvalue weighted by atomic mass is 10.1. The van der Waals surface area contributed by atoms with Gasteiger partial charge < -0.3 is 15.2 Å². The minimum atomic E-state index is -0.714. The molecule has 0 radical (unpaired) electrons. The first kappa shape index (κ1) is 15.8. The predicted molar refractivity (Wildman–Crippen MR) is 75.5 cm³/mol. The van der Waals surface area contributed by atoms with Gasteiger partial charge in [-0.25, -0.2) is 0 Å². The van der Waals surface area contributed by atoms with Crippen molar-refractivity contribution in [2.45, 2.75) is 45.9 Å². The summed E-state index contributed by atoms with van der Waals surface area (Å²) in [6, 6.07) is 5.01. The van der Waals surface area contributed by atoms with Crippen LogP contribution < -0.4 is 10.1 Å². The average Bonchev–Trinajstić information content (AvgIpc) is 2.30. The molecule has 0 saturated carbocycles. The van der Waals surface area contributed by atoms with Crippen LogP contribution in [-0.2, 0) is 4.79 Å². The van der Waals surface area contributed by atoms with Crippen LogP contribution in [0.3, 0.4) is 0 Å². The lowest BCUT2D eigenvalue weighted by molar-refractivity contribution is -0.127. The highest BCUT2D eigenvalue weighted by Crippen LogP contribution is 2.29. The maximum atomic E-state index is 11.8. The zero-order valence-corrected chi connectivity index (χ0v) is 12.4. The molecule has 0 spiro atoms. The minimum Gasteiger partial charge on any atom is -0.481 e. The number of halogens is 1. The zero-order chi connectivity index (χ0) is 14.6. The summed E-state index contributed by atoms with van der Waals surface area (Å²) in [5, 5.41) is 13.0. The lowest BCUT2D eigenvalue weighted by Crippen LogP contribution is -2.40. The fourth-order valence-electron chi connectivity index (χ4n) is 1.60. The fourth-order valence-corrected chi connectivity index (χ4v) is 1.78. The second kappa shape index (κ2) is 6.78. The van der Waals surface area contributed by atoms with Crippen LogP contribution in [0.5, 0.6) is 5.75 Å². The molecule has 0 aliphatic heterocycles. The molecule has 1 unspecified atom stereocenters. The first-order chi connectivity index (χ1) is 8.81. The number of aliphatic hydroxyl groups excluding tert-OH is 1. The number of aliphatic hydroxyl groups is 1. The van der Waals surface area contributed by atoms with E-state index in [2.05, 4.69) is 5.32 Å². The summed E-state index contributed by atoms with van der Waals surface area (Å²) in [4.78, 5) is 11.8. The smallest absolute Gasteiger partial charge is 0.260 e. The molecule has 0 heterocycles. The van der Waals surface area contributed by atoms with Crippen LogP contribution in [0, 0.1) is 0 Å². The van der Waals surface area contributed by atoms with Crippen molar-refractivity contribution in [1.29, 1.82) is 0 Å². The molecule has 1 aromatic rings. The van der Waals surface area contributed by atoms with E-state index in [4.69, 9.17) is 16.3 Å². The first-order valence-corrected chi connectivity index (χ1v) is 6.63. The van der Waals surface area contributed by atoms with E-state index in [0.717, 1.165) is 0 Å². The molecule has 1 amide bonds. The molecule has 5 heteroatoms. The highest BCUT2D eigenvalue weighted by Gasteiger charge is 2.18. The Kier molecular flexibility index (Phi) is 5.63. The summed E-state index contributed by atoms with van der Waals surface area (Å²) in [6.45, 7) is 7.05. The molecule has 0 fully saturated rings. The van der Waals surface area contributed by atoms with Crippen molar-refractivity contribution in [3.63, 3.8) is 0 Å². The van der Waals surface area contributed by atoms with E-state index < -0.39 is 12.2 Å². The topological polar surface area (TPSA) is 58.6 Å². The molecule has 0 aromatic heterocycles. The molecule has 0 aliphatic carbocycles. The Balaban J connectivity index is 2.84. The van der Waals surface area contributed by atoms with E-state index in [-0.39, 0.29) is 11.9 Å². The fraction of sp³-hybridized carbons (Fsp3) is 0.500. The maximum absolute atomic E-state index is 11.8. The van der Waals surface area contributed by atoms with Crippen molar-refractivity contribution in [3.05, 3.63) is 28.8 Å². The second-order valence-electron chi connectivity index (χ2n) is 4.78. The van der Waals surface area contributed by atoms with Crippen molar-refractivity contribution in [3.8, 4) is 5.75 Å². The van der Waals surface area contributed by atoms with Gasteiger partial charge in [-0.2, -0.15) is 0 Å². The number of nitrogens with one attached hydrogen (secondary N) is 1. The molecule has 0 bridgehead atoms. The molecule has 2 N–H and O–H groups in total. The molecule has 4 nitrogen and oxygen atoms in total. The van der Waals surface area contributed by atoms with Gasteiger partial charge in [-0.15, -0.1) is 0 Å². The van der Waals surface area contributed by atoms with E-state index in [9.17, 15) is 9.90 Å². The molecule has 19 heavy (non-hydrogen) atoms. The van der Waals surface area contributed by atoms with Gasteiger partial charge in [0.05, 0.1) is 6.10 Å². The lowest BCUT2D eigenvalue weighted by Gasteiger charge is -2.19. The van der Waals surface area contributed by atoms with Gasteiger partial charge in [-0.3, -0.25) is 4.79 Å². The first-order valence-electron chi connectivity index (χ1n) is 6.25. The van der Waals surface area contributed by atoms with Crippen LogP contribution in [0.4, 0.5) is 0 Å². The average molecular weight is 286 g/mol. The number of carbonyl (C=O) groups is 1. The summed E-state index contributed by atoms with van der Waals surface area (Å²) in [7, 11) is 0. The maximum Gasteiger partial charge on any atom is 0.260 e. The Labute approximate surface area is 118 Å². The third-order valence-electron chi connectivity index (χ3n) is 2.53. The van der Waals surface area contributed by atoms with Crippen molar-refractivity contribution in [2.24, 2.45) is 0 Å². The van der Waals surface area contributed by atoms with Crippen molar-refractivity contribution < 1.29 is 14.6 Å². The van der Waals surface area contributed by atoms with E-state index in [1.165, 1.54) is 0 Å². The number of carbonyl (C=O) groups excluding carboxylic acids is 1. The van der Waals surface area contributed by atoms with Gasteiger partial charge in [-0.1, -0.05) is 11.6 Å². The van der Waals surface area contributed by atoms with E-state index in [0.29, 0.717) is 16.3 Å². The molecule has 106 valence electrons. The molecule has 1 rings (SSSR count). The Morgan fingerprint density at radius 2 is 1.95 bits per heavy atom. The van der Waals surface area contributed by atoms with Crippen molar-refractivity contribution >= 4 is 17.5 Å². The SMILES string of the molecule is CC(C)NC(=O)C(C)Oc1ccc(Cl)cc1[C@@H](C)O. The standard InChI is InChI=1S/C14H20ClNO3/c1-8(2)16-14(18)10(4)19-13-6-5-11(15)7-12(13)9(3)17/h5-10,17H,1-4H3,(H,16,18)/t9-,10?/m1/s1. The summed E-state index contributed by atoms with van der Waals surface area (Å²) in [6.07, 6.45) is -1.35. The molecular weight excluding hydrogens is 266 g/mol. The summed E-state index contributed by atoms with van der Waals surface area (Å²) < 4.78 is 5.59. The summed E-state index contributed by atoms with van der Waals surface area (Å²) in [5.41, 5.74) is 0.566. The quantitative estimate of drug-likeness (QED) is 0.874. The van der Waals surface area contributed by atoms with Gasteiger partial charge in [0.1, 0.15) is 5.75 Å². The highest BCUT2D eigenvalue weighted by atomic mass is 35.5. The Morgan fingerprint density at radius 3 is 2.47 bits per heavy atom. The number of amides is 1. The molecule has 2 atom stereocenters. The van der Waals surface area contributed by atoms with Crippen LogP contribution in [0.1, 0.15) is 39.4 Å². The number of rotatable bonds is 5. The van der Waals surface area contributed by atoms with Gasteiger partial charge in [0.15, 0.2) is 6.10 Å². The van der Waals surface area contributed by atoms with E-state index >= 15 is 0 Å². The van der Waals surface area contributed by atoms with Crippen molar-refractivity contribution in [2.75, 3.05) is 0 Å². The third kappa shape index (κ3) is 4.73. The van der Waals surface area contributed by atoms with Gasteiger partial charge >= 0.3 is 0 Å². The number of hydrogen-bond donors (Lipinski definition) is 2. The van der Waals surface area contributed by atoms with Crippen LogP contribution in [-0.4, -0.2) is 23.2 Å². The largest absolute Gasteiger partial charge is 0.481 e. The van der Waals surface area contributed by atoms with Crippen LogP contribution in [0.25, 0.3) is 0 Å². The molecule has 0 aliphatic rings. The zero-order valence-electron chi connectivity index (χ0n) is 11.6. The number of hydrogen-bond acceptors (Lipinski definition) is 3. The Morgan fingerprint density at radius 1 is 1.32 bits per heavy atom. The van der Waals surface area contributed by atoms with Gasteiger partial charge in [0.2, 0.25) is 0 Å². The molecule has 0 saturated heterocycles. The second-order valence-corrected chi connectivity index (χ2v) is 5.22. The third-order valence-corrected chi connectivity index (χ3v) is 2.76. The van der Waals surface area contributed by atoms with Crippen molar-refractivity contribution in [1.82, 2.24) is 5.32 Å². The number of benzene rings is 1. The molecule has 1 aromatic carbocycles. The molecular formula is C14H20ClNO3. The highest BCUT2D eigenvalue weighted by molar-refractivity contribution is 6.30. The monoisotopic (exact) mass is 285 g/mol. The van der Waals surface area contributed by atoms with Gasteiger partial charge in [0, 0.05) is 16.6 Å². The van der Waals surface area contributed by atoms with Gasteiger partial charge in [-0.05, 0) is 45.9 Å². The predicted octanol–water partition coefficient (Wildman–Crippen LogP) is 2.69. The van der Waals surface area contributed by atoms with Crippen LogP contribution in [0.15, 0.2) is 18.2 Å². The number of ether oxygens (including phenoxy) is 1. The Hall–Kier alpha value is -1.26. The normalized spacial score (nSPS) is 14.1. The minimum absolute atomic E-state index is 0.0556. The Bertz CT molecular complexity index is 446. The summed E-state index contributed by atoms with van der Waals surface area (Å²) >= 11 is 5.88. The van der Waals surface area contributed by atoms with Gasteiger partial charge in [0.25, 0.3) is 5.91 Å². The van der Waals surface area contributed by atoms with Crippen LogP contribution in [0.2, 0.25) is 5.02 Å².